The fourth-order valence-corrected chi connectivity index (χ4v) is 2.37. The number of halogens is 1. The van der Waals surface area contributed by atoms with Crippen molar-refractivity contribution in [3.05, 3.63) is 52.5 Å². The topological polar surface area (TPSA) is 98.2 Å². The number of amides is 2. The highest BCUT2D eigenvalue weighted by molar-refractivity contribution is 6.30. The zero-order valence-corrected chi connectivity index (χ0v) is 16.4. The molecule has 0 aliphatic rings. The van der Waals surface area contributed by atoms with Gasteiger partial charge in [-0.15, -0.1) is 0 Å². The average molecular weight is 406 g/mol. The molecule has 0 aliphatic heterocycles. The molecule has 0 heterocycles. The lowest BCUT2D eigenvalue weighted by atomic mass is 10.1. The third-order valence-electron chi connectivity index (χ3n) is 3.61. The highest BCUT2D eigenvalue weighted by Crippen LogP contribution is 2.38. The number of nitrogens with one attached hydrogen (secondary N) is 2. The third-order valence-corrected chi connectivity index (χ3v) is 3.86. The Balaban J connectivity index is 1.94. The number of carbonyl (C=O) groups is 2. The predicted molar refractivity (Wildman–Crippen MR) is 106 cm³/mol. The van der Waals surface area contributed by atoms with Gasteiger partial charge in [-0.1, -0.05) is 23.7 Å². The second-order valence-electron chi connectivity index (χ2n) is 5.44. The van der Waals surface area contributed by atoms with Gasteiger partial charge < -0.3 is 19.5 Å². The summed E-state index contributed by atoms with van der Waals surface area (Å²) in [6.45, 7) is -0.256. The minimum atomic E-state index is -0.481. The summed E-state index contributed by atoms with van der Waals surface area (Å²) in [6, 6.07) is 9.92. The molecule has 0 fully saturated rings. The Morgan fingerprint density at radius 3 is 2.18 bits per heavy atom. The second kappa shape index (κ2) is 10.2. The van der Waals surface area contributed by atoms with Crippen LogP contribution in [0.15, 0.2) is 41.5 Å². The first-order valence-corrected chi connectivity index (χ1v) is 8.52. The number of hydrazone groups is 1. The summed E-state index contributed by atoms with van der Waals surface area (Å²) < 4.78 is 15.6. The van der Waals surface area contributed by atoms with Crippen LogP contribution in [0.25, 0.3) is 0 Å². The monoisotopic (exact) mass is 405 g/mol. The molecule has 2 N–H and O–H groups in total. The maximum atomic E-state index is 12.3. The maximum Gasteiger partial charge on any atom is 0.259 e. The van der Waals surface area contributed by atoms with Crippen molar-refractivity contribution in [2.45, 2.75) is 0 Å². The molecule has 28 heavy (non-hydrogen) atoms. The molecule has 0 saturated carbocycles. The van der Waals surface area contributed by atoms with E-state index in [0.717, 1.165) is 5.56 Å². The van der Waals surface area contributed by atoms with Crippen LogP contribution in [0.5, 0.6) is 17.2 Å². The van der Waals surface area contributed by atoms with E-state index in [1.807, 2.05) is 0 Å². The van der Waals surface area contributed by atoms with Gasteiger partial charge in [-0.25, -0.2) is 5.43 Å². The average Bonchev–Trinajstić information content (AvgIpc) is 2.72. The summed E-state index contributed by atoms with van der Waals surface area (Å²) in [5.74, 6) is 0.0888. The van der Waals surface area contributed by atoms with Gasteiger partial charge >= 0.3 is 0 Å². The molecule has 2 amide bonds. The van der Waals surface area contributed by atoms with Gasteiger partial charge in [0, 0.05) is 10.6 Å². The van der Waals surface area contributed by atoms with E-state index in [-0.39, 0.29) is 12.1 Å². The lowest BCUT2D eigenvalue weighted by Crippen LogP contribution is -2.34. The number of hydrogen-bond acceptors (Lipinski definition) is 6. The van der Waals surface area contributed by atoms with Crippen molar-refractivity contribution in [1.82, 2.24) is 10.7 Å². The molecule has 148 valence electrons. The number of methoxy groups -OCH3 is 3. The Bertz CT molecular complexity index is 843. The molecule has 2 aromatic carbocycles. The maximum absolute atomic E-state index is 12.3. The Labute approximate surface area is 167 Å². The Hall–Kier alpha value is -3.26. The summed E-state index contributed by atoms with van der Waals surface area (Å²) in [7, 11) is 4.37. The van der Waals surface area contributed by atoms with Gasteiger partial charge in [0.1, 0.15) is 0 Å². The van der Waals surface area contributed by atoms with E-state index in [1.54, 1.807) is 24.3 Å². The van der Waals surface area contributed by atoms with Gasteiger partial charge in [0.25, 0.3) is 11.8 Å². The first-order valence-electron chi connectivity index (χ1n) is 8.14. The van der Waals surface area contributed by atoms with Gasteiger partial charge in [-0.05, 0) is 29.8 Å². The zero-order chi connectivity index (χ0) is 20.5. The molecule has 2 aromatic rings. The minimum absolute atomic E-state index is 0.256. The van der Waals surface area contributed by atoms with Crippen LogP contribution in [0, 0.1) is 0 Å². The van der Waals surface area contributed by atoms with E-state index in [1.165, 1.54) is 39.7 Å². The molecule has 0 saturated heterocycles. The normalized spacial score (nSPS) is 10.4. The number of nitrogens with zero attached hydrogens (tertiary/aromatic N) is 1. The number of rotatable bonds is 8. The SMILES string of the molecule is COc1cc(C(=O)NCC(=O)NN=Cc2ccc(Cl)cc2)cc(OC)c1OC. The van der Waals surface area contributed by atoms with E-state index in [0.29, 0.717) is 22.3 Å². The van der Waals surface area contributed by atoms with Crippen LogP contribution in [-0.2, 0) is 4.79 Å². The van der Waals surface area contributed by atoms with Crippen LogP contribution < -0.4 is 25.0 Å². The molecular weight excluding hydrogens is 386 g/mol. The summed E-state index contributed by atoms with van der Waals surface area (Å²) >= 11 is 5.80. The number of carbonyl (C=O) groups excluding carboxylic acids is 2. The van der Waals surface area contributed by atoms with Crippen molar-refractivity contribution in [1.29, 1.82) is 0 Å². The minimum Gasteiger partial charge on any atom is -0.493 e. The number of hydrogen-bond donors (Lipinski definition) is 2. The zero-order valence-electron chi connectivity index (χ0n) is 15.6. The molecule has 0 unspecified atom stereocenters. The van der Waals surface area contributed by atoms with Crippen LogP contribution in [0.3, 0.4) is 0 Å². The quantitative estimate of drug-likeness (QED) is 0.518. The fraction of sp³-hybridized carbons (Fsp3) is 0.211. The lowest BCUT2D eigenvalue weighted by molar-refractivity contribution is -0.120. The molecule has 0 aliphatic carbocycles. The van der Waals surface area contributed by atoms with Gasteiger partial charge in [-0.2, -0.15) is 5.10 Å². The summed E-state index contributed by atoms with van der Waals surface area (Å²) in [4.78, 5) is 24.2. The number of ether oxygens (including phenoxy) is 3. The second-order valence-corrected chi connectivity index (χ2v) is 5.88. The van der Waals surface area contributed by atoms with Crippen molar-refractivity contribution in [2.75, 3.05) is 27.9 Å². The largest absolute Gasteiger partial charge is 0.493 e. The van der Waals surface area contributed by atoms with E-state index in [4.69, 9.17) is 25.8 Å². The lowest BCUT2D eigenvalue weighted by Gasteiger charge is -2.14. The van der Waals surface area contributed by atoms with E-state index in [2.05, 4.69) is 15.8 Å². The molecule has 0 bridgehead atoms. The molecule has 2 rings (SSSR count). The van der Waals surface area contributed by atoms with Crippen LogP contribution in [0.2, 0.25) is 5.02 Å². The van der Waals surface area contributed by atoms with Crippen molar-refractivity contribution >= 4 is 29.6 Å². The molecule has 8 nitrogen and oxygen atoms in total. The smallest absolute Gasteiger partial charge is 0.259 e. The van der Waals surface area contributed by atoms with E-state index in [9.17, 15) is 9.59 Å². The van der Waals surface area contributed by atoms with Gasteiger partial charge in [0.2, 0.25) is 5.75 Å². The Kier molecular flexibility index (Phi) is 7.65. The summed E-state index contributed by atoms with van der Waals surface area (Å²) in [6.07, 6.45) is 1.47. The molecule has 0 radical (unpaired) electrons. The van der Waals surface area contributed by atoms with Gasteiger partial charge in [-0.3, -0.25) is 9.59 Å². The van der Waals surface area contributed by atoms with Crippen LogP contribution in [-0.4, -0.2) is 45.9 Å². The molecule has 0 aromatic heterocycles. The highest BCUT2D eigenvalue weighted by atomic mass is 35.5. The van der Waals surface area contributed by atoms with E-state index >= 15 is 0 Å². The number of benzene rings is 2. The van der Waals surface area contributed by atoms with Crippen molar-refractivity contribution < 1.29 is 23.8 Å². The summed E-state index contributed by atoms with van der Waals surface area (Å²) in [5, 5.41) is 6.93. The molecule has 0 atom stereocenters. The van der Waals surface area contributed by atoms with E-state index < -0.39 is 11.8 Å². The Morgan fingerprint density at radius 1 is 1.04 bits per heavy atom. The van der Waals surface area contributed by atoms with Crippen molar-refractivity contribution in [2.24, 2.45) is 5.10 Å². The Morgan fingerprint density at radius 2 is 1.64 bits per heavy atom. The van der Waals surface area contributed by atoms with Gasteiger partial charge in [0.15, 0.2) is 11.5 Å². The molecule has 0 spiro atoms. The van der Waals surface area contributed by atoms with Crippen LogP contribution in [0.1, 0.15) is 15.9 Å². The standard InChI is InChI=1S/C19H20ClN3O5/c1-26-15-8-13(9-16(27-2)18(15)28-3)19(25)21-11-17(24)23-22-10-12-4-6-14(20)7-5-12/h4-10H,11H2,1-3H3,(H,21,25)(H,23,24). The third kappa shape index (κ3) is 5.62. The molecular formula is C19H20ClN3O5. The first-order chi connectivity index (χ1) is 13.5. The van der Waals surface area contributed by atoms with Crippen LogP contribution in [0.4, 0.5) is 0 Å². The fourth-order valence-electron chi connectivity index (χ4n) is 2.24. The highest BCUT2D eigenvalue weighted by Gasteiger charge is 2.17. The van der Waals surface area contributed by atoms with Crippen molar-refractivity contribution in [3.63, 3.8) is 0 Å². The first kappa shape index (κ1) is 21.0. The summed E-state index contributed by atoms with van der Waals surface area (Å²) in [5.41, 5.74) is 3.36. The predicted octanol–water partition coefficient (Wildman–Crippen LogP) is 2.25. The van der Waals surface area contributed by atoms with Crippen molar-refractivity contribution in [3.8, 4) is 17.2 Å². The van der Waals surface area contributed by atoms with Crippen LogP contribution >= 0.6 is 11.6 Å². The molecule has 9 heteroatoms. The van der Waals surface area contributed by atoms with Gasteiger partial charge in [0.05, 0.1) is 34.1 Å².